The number of carboxylic acid groups (broad SMARTS) is 1. The van der Waals surface area contributed by atoms with Crippen LogP contribution in [0.25, 0.3) is 0 Å². The fraction of sp³-hybridized carbons (Fsp3) is 0.0769. The van der Waals surface area contributed by atoms with Crippen molar-refractivity contribution >= 4 is 49.4 Å². The summed E-state index contributed by atoms with van der Waals surface area (Å²) in [6.07, 6.45) is 1.55. The first-order chi connectivity index (χ1) is 9.49. The lowest BCUT2D eigenvalue weighted by Crippen LogP contribution is -2.21. The van der Waals surface area contributed by atoms with Gasteiger partial charge >= 0.3 is 5.97 Å². The quantitative estimate of drug-likeness (QED) is 0.825. The number of rotatable bonds is 4. The van der Waals surface area contributed by atoms with Gasteiger partial charge in [0.1, 0.15) is 12.2 Å². The highest BCUT2D eigenvalue weighted by Crippen LogP contribution is 2.30. The summed E-state index contributed by atoms with van der Waals surface area (Å²) in [7, 11) is 0. The average molecular weight is 402 g/mol. The van der Waals surface area contributed by atoms with Gasteiger partial charge in [-0.2, -0.15) is 0 Å². The molecule has 0 radical (unpaired) electrons. The third-order valence-electron chi connectivity index (χ3n) is 2.59. The molecule has 7 heteroatoms. The Labute approximate surface area is 131 Å². The van der Waals surface area contributed by atoms with Gasteiger partial charge in [-0.25, -0.2) is 4.79 Å². The van der Waals surface area contributed by atoms with Gasteiger partial charge in [0.15, 0.2) is 0 Å². The Kier molecular flexibility index (Phi) is 4.61. The molecule has 1 heterocycles. The number of nitrogens with zero attached hydrogens (tertiary/aromatic N) is 1. The van der Waals surface area contributed by atoms with Crippen molar-refractivity contribution in [3.8, 4) is 0 Å². The van der Waals surface area contributed by atoms with Gasteiger partial charge in [-0.1, -0.05) is 6.07 Å². The molecule has 0 spiro atoms. The van der Waals surface area contributed by atoms with Crippen molar-refractivity contribution in [2.24, 2.45) is 0 Å². The van der Waals surface area contributed by atoms with Crippen molar-refractivity contribution in [1.82, 2.24) is 4.57 Å². The Morgan fingerprint density at radius 3 is 2.40 bits per heavy atom. The SMILES string of the molecule is O=C(Cn1cccc1C(=O)O)Nc1c(Br)cccc1Br. The van der Waals surface area contributed by atoms with E-state index in [-0.39, 0.29) is 18.1 Å². The smallest absolute Gasteiger partial charge is 0.352 e. The number of carbonyl (C=O) groups is 2. The number of aromatic nitrogens is 1. The molecule has 104 valence electrons. The molecule has 0 aliphatic rings. The monoisotopic (exact) mass is 400 g/mol. The number of hydrogen-bond acceptors (Lipinski definition) is 2. The molecule has 20 heavy (non-hydrogen) atoms. The average Bonchev–Trinajstić information content (AvgIpc) is 2.82. The topological polar surface area (TPSA) is 71.3 Å². The second kappa shape index (κ2) is 6.23. The van der Waals surface area contributed by atoms with E-state index in [1.807, 2.05) is 6.07 Å². The Balaban J connectivity index is 2.14. The molecule has 2 rings (SSSR count). The summed E-state index contributed by atoms with van der Waals surface area (Å²) in [6, 6.07) is 8.48. The predicted octanol–water partition coefficient (Wildman–Crippen LogP) is 3.35. The maximum Gasteiger partial charge on any atom is 0.352 e. The molecule has 0 fully saturated rings. The summed E-state index contributed by atoms with van der Waals surface area (Å²) in [6.45, 7) is -0.0671. The normalized spacial score (nSPS) is 10.3. The third kappa shape index (κ3) is 3.29. The van der Waals surface area contributed by atoms with Crippen LogP contribution in [0.2, 0.25) is 0 Å². The third-order valence-corrected chi connectivity index (χ3v) is 3.91. The number of benzene rings is 1. The van der Waals surface area contributed by atoms with Gasteiger partial charge in [-0.3, -0.25) is 4.79 Å². The molecule has 1 amide bonds. The number of anilines is 1. The second-order valence-corrected chi connectivity index (χ2v) is 5.68. The van der Waals surface area contributed by atoms with Gasteiger partial charge in [0.2, 0.25) is 5.91 Å². The molecule has 1 aromatic heterocycles. The van der Waals surface area contributed by atoms with Crippen molar-refractivity contribution < 1.29 is 14.7 Å². The highest BCUT2D eigenvalue weighted by Gasteiger charge is 2.13. The molecule has 0 saturated heterocycles. The summed E-state index contributed by atoms with van der Waals surface area (Å²) in [4.78, 5) is 23.0. The number of carbonyl (C=O) groups excluding carboxylic acids is 1. The molecule has 2 N–H and O–H groups in total. The van der Waals surface area contributed by atoms with Crippen LogP contribution in [0.15, 0.2) is 45.5 Å². The number of halogens is 2. The van der Waals surface area contributed by atoms with Crippen LogP contribution < -0.4 is 5.32 Å². The number of amides is 1. The van der Waals surface area contributed by atoms with Gasteiger partial charge in [0, 0.05) is 15.1 Å². The molecule has 0 unspecified atom stereocenters. The number of aromatic carboxylic acids is 1. The summed E-state index contributed by atoms with van der Waals surface area (Å²) in [5, 5.41) is 11.7. The van der Waals surface area contributed by atoms with E-state index in [9.17, 15) is 9.59 Å². The Morgan fingerprint density at radius 1 is 1.15 bits per heavy atom. The van der Waals surface area contributed by atoms with E-state index in [2.05, 4.69) is 37.2 Å². The van der Waals surface area contributed by atoms with Gasteiger partial charge in [0.05, 0.1) is 5.69 Å². The van der Waals surface area contributed by atoms with E-state index < -0.39 is 5.97 Å². The molecule has 0 saturated carbocycles. The van der Waals surface area contributed by atoms with E-state index in [4.69, 9.17) is 5.11 Å². The highest BCUT2D eigenvalue weighted by atomic mass is 79.9. The van der Waals surface area contributed by atoms with E-state index in [0.29, 0.717) is 5.69 Å². The van der Waals surface area contributed by atoms with Crippen LogP contribution in [0.5, 0.6) is 0 Å². The molecule has 2 aromatic rings. The molecule has 0 atom stereocenters. The minimum absolute atomic E-state index is 0.0671. The first kappa shape index (κ1) is 14.8. The minimum Gasteiger partial charge on any atom is -0.477 e. The van der Waals surface area contributed by atoms with Crippen molar-refractivity contribution in [2.45, 2.75) is 6.54 Å². The van der Waals surface area contributed by atoms with E-state index >= 15 is 0 Å². The first-order valence-corrected chi connectivity index (χ1v) is 7.20. The van der Waals surface area contributed by atoms with Crippen molar-refractivity contribution in [3.63, 3.8) is 0 Å². The van der Waals surface area contributed by atoms with Crippen LogP contribution in [-0.4, -0.2) is 21.6 Å². The predicted molar refractivity (Wildman–Crippen MR) is 81.9 cm³/mol. The number of carboxylic acids is 1. The van der Waals surface area contributed by atoms with Gasteiger partial charge in [-0.05, 0) is 56.1 Å². The van der Waals surface area contributed by atoms with Gasteiger partial charge in [0.25, 0.3) is 0 Å². The summed E-state index contributed by atoms with van der Waals surface area (Å²) >= 11 is 6.69. The fourth-order valence-electron chi connectivity index (χ4n) is 1.70. The largest absolute Gasteiger partial charge is 0.477 e. The first-order valence-electron chi connectivity index (χ1n) is 5.61. The second-order valence-electron chi connectivity index (χ2n) is 3.97. The maximum atomic E-state index is 12.0. The standard InChI is InChI=1S/C13H10Br2N2O3/c14-8-3-1-4-9(15)12(8)16-11(18)7-17-6-2-5-10(17)13(19)20/h1-6H,7H2,(H,16,18)(H,19,20). The van der Waals surface area contributed by atoms with Crippen LogP contribution in [0.1, 0.15) is 10.5 Å². The lowest BCUT2D eigenvalue weighted by atomic mass is 10.3. The molecule has 0 aliphatic heterocycles. The number of para-hydroxylation sites is 1. The lowest BCUT2D eigenvalue weighted by Gasteiger charge is -2.11. The van der Waals surface area contributed by atoms with Gasteiger partial charge in [-0.15, -0.1) is 0 Å². The Hall–Kier alpha value is -1.60. The van der Waals surface area contributed by atoms with Crippen LogP contribution in [0.4, 0.5) is 5.69 Å². The van der Waals surface area contributed by atoms with Crippen molar-refractivity contribution in [1.29, 1.82) is 0 Å². The summed E-state index contributed by atoms with van der Waals surface area (Å²) in [5.41, 5.74) is 0.688. The van der Waals surface area contributed by atoms with Crippen LogP contribution in [-0.2, 0) is 11.3 Å². The zero-order valence-electron chi connectivity index (χ0n) is 10.1. The lowest BCUT2D eigenvalue weighted by molar-refractivity contribution is -0.116. The molecule has 1 aromatic carbocycles. The zero-order valence-corrected chi connectivity index (χ0v) is 13.3. The number of hydrogen-bond donors (Lipinski definition) is 2. The Morgan fingerprint density at radius 2 is 1.80 bits per heavy atom. The van der Waals surface area contributed by atoms with Crippen LogP contribution >= 0.6 is 31.9 Å². The summed E-state index contributed by atoms with van der Waals surface area (Å²) < 4.78 is 2.86. The Bertz CT molecular complexity index is 647. The molecular formula is C13H10Br2N2O3. The molecule has 0 aliphatic carbocycles. The zero-order chi connectivity index (χ0) is 14.7. The fourth-order valence-corrected chi connectivity index (χ4v) is 2.89. The van der Waals surface area contributed by atoms with Crippen molar-refractivity contribution in [3.05, 3.63) is 51.2 Å². The maximum absolute atomic E-state index is 12.0. The molecular weight excluding hydrogens is 392 g/mol. The molecule has 5 nitrogen and oxygen atoms in total. The highest BCUT2D eigenvalue weighted by molar-refractivity contribution is 9.11. The minimum atomic E-state index is -1.06. The van der Waals surface area contributed by atoms with Gasteiger partial charge < -0.3 is 15.0 Å². The van der Waals surface area contributed by atoms with Crippen molar-refractivity contribution in [2.75, 3.05) is 5.32 Å². The van der Waals surface area contributed by atoms with E-state index in [1.165, 1.54) is 10.6 Å². The molecule has 0 bridgehead atoms. The van der Waals surface area contributed by atoms with E-state index in [0.717, 1.165) is 8.95 Å². The number of nitrogens with one attached hydrogen (secondary N) is 1. The van der Waals surface area contributed by atoms with Crippen LogP contribution in [0, 0.1) is 0 Å². The van der Waals surface area contributed by atoms with E-state index in [1.54, 1.807) is 24.4 Å². The summed E-state index contributed by atoms with van der Waals surface area (Å²) in [5.74, 6) is -1.37. The van der Waals surface area contributed by atoms with Crippen LogP contribution in [0.3, 0.4) is 0 Å².